The number of rotatable bonds is 9. The number of fused-ring (bicyclic) bond motifs is 7. The number of phenols is 1. The molecule has 1 aliphatic carbocycles. The van der Waals surface area contributed by atoms with Crippen molar-refractivity contribution in [2.24, 2.45) is 23.2 Å². The highest BCUT2D eigenvalue weighted by Crippen LogP contribution is 2.43. The van der Waals surface area contributed by atoms with Crippen molar-refractivity contribution in [2.45, 2.75) is 123 Å². The van der Waals surface area contributed by atoms with Gasteiger partial charge < -0.3 is 34.7 Å². The van der Waals surface area contributed by atoms with Gasteiger partial charge in [0.1, 0.15) is 23.9 Å². The molecule has 5 heterocycles. The maximum atomic E-state index is 14.7. The van der Waals surface area contributed by atoms with E-state index in [-0.39, 0.29) is 48.7 Å². The van der Waals surface area contributed by atoms with E-state index in [2.05, 4.69) is 59.6 Å². The molecule has 8 rings (SSSR count). The number of aromatic nitrogens is 2. The Morgan fingerprint density at radius 2 is 1.86 bits per heavy atom. The van der Waals surface area contributed by atoms with E-state index in [9.17, 15) is 24.3 Å². The molecule has 2 aromatic carbocycles. The van der Waals surface area contributed by atoms with E-state index in [1.165, 1.54) is 5.01 Å². The predicted octanol–water partition coefficient (Wildman–Crippen LogP) is 6.32. The minimum atomic E-state index is -1.10. The summed E-state index contributed by atoms with van der Waals surface area (Å²) in [5.74, 6) is -1.37. The first-order chi connectivity index (χ1) is 31.1. The summed E-state index contributed by atoms with van der Waals surface area (Å²) >= 11 is 0. The lowest BCUT2D eigenvalue weighted by atomic mass is 9.84. The molecule has 0 spiro atoms. The number of nitrogens with zero attached hydrogens (tertiary/aromatic N) is 4. The van der Waals surface area contributed by atoms with Crippen molar-refractivity contribution in [3.8, 4) is 28.1 Å². The van der Waals surface area contributed by atoms with Gasteiger partial charge in [0.2, 0.25) is 11.8 Å². The molecule has 6 bridgehead atoms. The van der Waals surface area contributed by atoms with Gasteiger partial charge in [-0.3, -0.25) is 29.2 Å². The summed E-state index contributed by atoms with van der Waals surface area (Å²) in [6.07, 6.45) is 5.94. The second kappa shape index (κ2) is 18.9. The second-order valence-corrected chi connectivity index (χ2v) is 19.9. The Balaban J connectivity index is 1.21. The Kier molecular flexibility index (Phi) is 13.4. The number of hydrogen-bond donors (Lipinski definition) is 4. The zero-order valence-corrected chi connectivity index (χ0v) is 39.3. The minimum absolute atomic E-state index is 0.0194. The molecule has 3 fully saturated rings. The highest BCUT2D eigenvalue weighted by Gasteiger charge is 2.46. The number of aromatic hydroxyl groups is 1. The number of amides is 3. The van der Waals surface area contributed by atoms with Gasteiger partial charge in [-0.05, 0) is 129 Å². The number of pyridine rings is 1. The molecule has 65 heavy (non-hydrogen) atoms. The fourth-order valence-corrected chi connectivity index (χ4v) is 11.1. The first kappa shape index (κ1) is 46.2. The van der Waals surface area contributed by atoms with E-state index in [4.69, 9.17) is 14.5 Å². The van der Waals surface area contributed by atoms with Crippen molar-refractivity contribution in [1.82, 2.24) is 35.5 Å². The largest absolute Gasteiger partial charge is 0.508 e. The van der Waals surface area contributed by atoms with Crippen LogP contribution in [0.3, 0.4) is 0 Å². The molecule has 3 amide bonds. The van der Waals surface area contributed by atoms with Gasteiger partial charge in [0.15, 0.2) is 0 Å². The van der Waals surface area contributed by atoms with Gasteiger partial charge in [0.05, 0.1) is 30.0 Å². The third-order valence-electron chi connectivity index (χ3n) is 14.3. The van der Waals surface area contributed by atoms with E-state index < -0.39 is 41.3 Å². The molecule has 4 aromatic rings. The third kappa shape index (κ3) is 9.26. The van der Waals surface area contributed by atoms with Crippen LogP contribution in [0.25, 0.3) is 33.3 Å². The lowest BCUT2D eigenvalue weighted by Crippen LogP contribution is -2.62. The standard InChI is InChI=1S/C51H67N7O7/c1-9-57-42-17-15-33-26-38(42)39(46(57)36-12-10-19-52-43(36)30(4)64-8)27-51(5,6)28-65-50(63)40-13-11-21-58(55-40)49(62)41(24-31-22-34(33)25-35(59)23-31)54-47(60)45(29(2)3)56(7)48(61)37-16-14-32-18-20-53-44(32)37/h10,12,15,17,19,22-23,25-26,29-30,32,37,40-41,44-45,53,55,59H,9,11,13-14,16,18,20-21,24,27-28H2,1-8H3,(H,54,60)/t30-,32-,37-,40-,41-,44+,45?/m0/s1. The molecule has 2 saturated heterocycles. The van der Waals surface area contributed by atoms with Crippen molar-refractivity contribution < 1.29 is 33.8 Å². The second-order valence-electron chi connectivity index (χ2n) is 19.9. The summed E-state index contributed by atoms with van der Waals surface area (Å²) in [5, 5.41) is 20.4. The van der Waals surface area contributed by atoms with Crippen LogP contribution < -0.4 is 16.1 Å². The number of hydrogen-bond acceptors (Lipinski definition) is 10. The Labute approximate surface area is 382 Å². The van der Waals surface area contributed by atoms with Crippen LogP contribution in [0, 0.1) is 23.2 Å². The number of carbonyl (C=O) groups excluding carboxylic acids is 4. The first-order valence-corrected chi connectivity index (χ1v) is 23.6. The van der Waals surface area contributed by atoms with Crippen LogP contribution in [0.1, 0.15) is 96.6 Å². The maximum absolute atomic E-state index is 14.7. The highest BCUT2D eigenvalue weighted by atomic mass is 16.5. The van der Waals surface area contributed by atoms with Crippen molar-refractivity contribution >= 4 is 34.6 Å². The van der Waals surface area contributed by atoms with Gasteiger partial charge in [0, 0.05) is 67.8 Å². The van der Waals surface area contributed by atoms with E-state index >= 15 is 0 Å². The van der Waals surface area contributed by atoms with Crippen molar-refractivity contribution in [3.63, 3.8) is 0 Å². The lowest BCUT2D eigenvalue weighted by molar-refractivity contribution is -0.155. The summed E-state index contributed by atoms with van der Waals surface area (Å²) in [7, 11) is 3.38. The normalized spacial score (nSPS) is 24.3. The van der Waals surface area contributed by atoms with Crippen LogP contribution >= 0.6 is 0 Å². The average molecular weight is 890 g/mol. The van der Waals surface area contributed by atoms with Gasteiger partial charge in [-0.25, -0.2) is 5.43 Å². The van der Waals surface area contributed by atoms with Crippen molar-refractivity contribution in [3.05, 3.63) is 71.5 Å². The number of carbonyl (C=O) groups is 4. The quantitative estimate of drug-likeness (QED) is 0.140. The molecule has 348 valence electrons. The molecule has 4 aliphatic rings. The summed E-state index contributed by atoms with van der Waals surface area (Å²) in [4.78, 5) is 63.8. The van der Waals surface area contributed by atoms with E-state index in [1.807, 2.05) is 39.0 Å². The van der Waals surface area contributed by atoms with Crippen LogP contribution in [-0.4, -0.2) is 106 Å². The molecular formula is C51H67N7O7. The number of esters is 1. The molecule has 2 aromatic heterocycles. The first-order valence-electron chi connectivity index (χ1n) is 23.6. The van der Waals surface area contributed by atoms with E-state index in [1.54, 1.807) is 37.4 Å². The lowest BCUT2D eigenvalue weighted by Gasteiger charge is -2.37. The maximum Gasteiger partial charge on any atom is 0.324 e. The zero-order valence-electron chi connectivity index (χ0n) is 39.3. The molecule has 7 atom stereocenters. The summed E-state index contributed by atoms with van der Waals surface area (Å²) < 4.78 is 14.2. The van der Waals surface area contributed by atoms with Crippen LogP contribution in [-0.2, 0) is 48.0 Å². The summed E-state index contributed by atoms with van der Waals surface area (Å²) in [5.41, 5.74) is 9.77. The van der Waals surface area contributed by atoms with Gasteiger partial charge in [-0.1, -0.05) is 39.8 Å². The zero-order chi connectivity index (χ0) is 46.3. The highest BCUT2D eigenvalue weighted by molar-refractivity contribution is 5.96. The van der Waals surface area contributed by atoms with Crippen molar-refractivity contribution in [1.29, 1.82) is 0 Å². The van der Waals surface area contributed by atoms with Gasteiger partial charge >= 0.3 is 5.97 Å². The monoisotopic (exact) mass is 890 g/mol. The number of ether oxygens (including phenoxy) is 2. The number of cyclic esters (lactones) is 1. The Morgan fingerprint density at radius 3 is 2.62 bits per heavy atom. The van der Waals surface area contributed by atoms with Crippen LogP contribution in [0.5, 0.6) is 5.75 Å². The SMILES string of the molecule is CCn1c(-c2cccnc2[C@H](C)OC)c2c3cc(ccc31)-c1cc(O)cc(c1)C[C@H](NC(=O)C(C(C)C)N(C)C(=O)[C@H]1CC[C@H]3CCN[C@H]31)C(=O)N1CCC[C@H](N1)C(=O)OCC(C)(C)C2. The number of phenolic OH excluding ortho intramolecular Hbond substituents is 1. The molecule has 1 unspecified atom stereocenters. The molecule has 4 N–H and O–H groups in total. The molecular weight excluding hydrogens is 823 g/mol. The van der Waals surface area contributed by atoms with Crippen LogP contribution in [0.2, 0.25) is 0 Å². The van der Waals surface area contributed by atoms with Crippen LogP contribution in [0.4, 0.5) is 0 Å². The Morgan fingerprint density at radius 1 is 1.06 bits per heavy atom. The Hall–Kier alpha value is -5.31. The molecule has 14 nitrogen and oxygen atoms in total. The van der Waals surface area contributed by atoms with Gasteiger partial charge in [-0.15, -0.1) is 0 Å². The average Bonchev–Trinajstić information content (AvgIpc) is 4.00. The number of nitrogens with one attached hydrogen (secondary N) is 3. The predicted molar refractivity (Wildman–Crippen MR) is 249 cm³/mol. The number of hydrazine groups is 1. The van der Waals surface area contributed by atoms with Gasteiger partial charge in [0.25, 0.3) is 5.91 Å². The van der Waals surface area contributed by atoms with Gasteiger partial charge in [-0.2, -0.15) is 0 Å². The summed E-state index contributed by atoms with van der Waals surface area (Å²) in [6.45, 7) is 14.1. The summed E-state index contributed by atoms with van der Waals surface area (Å²) in [6, 6.07) is 13.0. The Bertz CT molecular complexity index is 2450. The molecule has 1 saturated carbocycles. The minimum Gasteiger partial charge on any atom is -0.508 e. The number of methoxy groups -OCH3 is 1. The number of likely N-dealkylation sites (N-methyl/N-ethyl adjacent to an activating group) is 1. The van der Waals surface area contributed by atoms with Crippen LogP contribution in [0.15, 0.2) is 54.7 Å². The topological polar surface area (TPSA) is 167 Å². The smallest absolute Gasteiger partial charge is 0.324 e. The molecule has 0 radical (unpaired) electrons. The number of benzene rings is 2. The third-order valence-corrected chi connectivity index (χ3v) is 14.3. The fourth-order valence-electron chi connectivity index (χ4n) is 11.1. The molecule has 3 aliphatic heterocycles. The fraction of sp³-hybridized carbons (Fsp3) is 0.549. The van der Waals surface area contributed by atoms with Crippen molar-refractivity contribution in [2.75, 3.05) is 33.9 Å². The number of aryl methyl sites for hydroxylation is 1. The molecule has 14 heteroatoms. The van der Waals surface area contributed by atoms with E-state index in [0.29, 0.717) is 43.8 Å². The van der Waals surface area contributed by atoms with E-state index in [0.717, 1.165) is 70.4 Å².